The number of piperidine rings is 1. The number of sulfonamides is 1. The van der Waals surface area contributed by atoms with Crippen LogP contribution in [-0.2, 0) is 14.8 Å². The molecule has 0 aliphatic carbocycles. The minimum Gasteiger partial charge on any atom is -0.326 e. The average molecular weight is 339 g/mol. The Hall–Kier alpha value is -1.44. The number of benzene rings is 1. The van der Waals surface area contributed by atoms with E-state index in [2.05, 4.69) is 10.6 Å². The molecule has 1 aliphatic heterocycles. The Morgan fingerprint density at radius 2 is 1.83 bits per heavy atom. The number of anilines is 1. The molecule has 0 saturated carbocycles. The maximum Gasteiger partial charge on any atom is 0.242 e. The van der Waals surface area contributed by atoms with Crippen LogP contribution in [0.3, 0.4) is 0 Å². The fourth-order valence-corrected chi connectivity index (χ4v) is 3.65. The van der Waals surface area contributed by atoms with Gasteiger partial charge in [0.25, 0.3) is 0 Å². The lowest BCUT2D eigenvalue weighted by Crippen LogP contribution is -2.34. The number of hydrogen-bond acceptors (Lipinski definition) is 4. The summed E-state index contributed by atoms with van der Waals surface area (Å²) < 4.78 is 25.9. The van der Waals surface area contributed by atoms with Gasteiger partial charge in [-0.3, -0.25) is 4.79 Å². The second-order valence-electron chi connectivity index (χ2n) is 6.21. The van der Waals surface area contributed by atoms with E-state index in [0.717, 1.165) is 37.1 Å². The fraction of sp³-hybridized carbons (Fsp3) is 0.562. The molecule has 1 amide bonds. The molecule has 1 heterocycles. The van der Waals surface area contributed by atoms with E-state index in [0.29, 0.717) is 5.69 Å². The number of aryl methyl sites for hydroxylation is 1. The Labute approximate surface area is 138 Å². The average Bonchev–Trinajstić information content (AvgIpc) is 2.52. The molecule has 1 fully saturated rings. The molecule has 0 radical (unpaired) electrons. The summed E-state index contributed by atoms with van der Waals surface area (Å²) >= 11 is 0. The smallest absolute Gasteiger partial charge is 0.242 e. The summed E-state index contributed by atoms with van der Waals surface area (Å²) in [4.78, 5) is 12.6. The van der Waals surface area contributed by atoms with Crippen molar-refractivity contribution in [3.05, 3.63) is 23.3 Å². The number of hydrogen-bond donors (Lipinski definition) is 2. The highest BCUT2D eigenvalue weighted by molar-refractivity contribution is 7.89. The molecule has 7 heteroatoms. The SMILES string of the molecule is Cc1cc(S(=O)(=O)N(C)C)cc(NC(=O)C2CCNCC2)c1C. The molecular formula is C16H25N3O3S. The largest absolute Gasteiger partial charge is 0.326 e. The lowest BCUT2D eigenvalue weighted by Gasteiger charge is -2.23. The highest BCUT2D eigenvalue weighted by Crippen LogP contribution is 2.26. The second-order valence-corrected chi connectivity index (χ2v) is 8.37. The van der Waals surface area contributed by atoms with Crippen LogP contribution in [-0.4, -0.2) is 45.8 Å². The fourth-order valence-electron chi connectivity index (χ4n) is 2.63. The van der Waals surface area contributed by atoms with Gasteiger partial charge in [0, 0.05) is 25.7 Å². The van der Waals surface area contributed by atoms with Crippen LogP contribution >= 0.6 is 0 Å². The lowest BCUT2D eigenvalue weighted by molar-refractivity contribution is -0.120. The molecule has 2 N–H and O–H groups in total. The molecule has 0 atom stereocenters. The van der Waals surface area contributed by atoms with Gasteiger partial charge in [-0.25, -0.2) is 12.7 Å². The first kappa shape index (κ1) is 17.9. The first-order valence-electron chi connectivity index (χ1n) is 7.79. The molecule has 0 bridgehead atoms. The number of carbonyl (C=O) groups is 1. The third-order valence-corrected chi connectivity index (χ3v) is 6.18. The molecule has 0 unspecified atom stereocenters. The topological polar surface area (TPSA) is 78.5 Å². The summed E-state index contributed by atoms with van der Waals surface area (Å²) in [6, 6.07) is 3.20. The molecule has 6 nitrogen and oxygen atoms in total. The minimum absolute atomic E-state index is 0.0231. The predicted molar refractivity (Wildman–Crippen MR) is 91.0 cm³/mol. The molecule has 23 heavy (non-hydrogen) atoms. The Balaban J connectivity index is 2.31. The first-order chi connectivity index (χ1) is 10.7. The second kappa shape index (κ2) is 6.98. The van der Waals surface area contributed by atoms with E-state index in [1.165, 1.54) is 18.4 Å². The number of nitrogens with zero attached hydrogens (tertiary/aromatic N) is 1. The number of nitrogens with one attached hydrogen (secondary N) is 2. The number of rotatable bonds is 4. The summed E-state index contributed by atoms with van der Waals surface area (Å²) in [5.74, 6) is -0.0570. The van der Waals surface area contributed by atoms with Crippen LogP contribution in [0.15, 0.2) is 17.0 Å². The standard InChI is InChI=1S/C16H25N3O3S/c1-11-9-14(23(21,22)19(3)4)10-15(12(11)2)18-16(20)13-5-7-17-8-6-13/h9-10,13,17H,5-8H2,1-4H3,(H,18,20). The third kappa shape index (κ3) is 3.91. The van der Waals surface area contributed by atoms with Gasteiger partial charge in [0.15, 0.2) is 0 Å². The molecule has 1 aliphatic rings. The molecule has 0 spiro atoms. The highest BCUT2D eigenvalue weighted by Gasteiger charge is 2.23. The third-order valence-electron chi connectivity index (χ3n) is 4.39. The van der Waals surface area contributed by atoms with Crippen LogP contribution in [0.5, 0.6) is 0 Å². The van der Waals surface area contributed by atoms with Gasteiger partial charge in [-0.2, -0.15) is 0 Å². The van der Waals surface area contributed by atoms with E-state index >= 15 is 0 Å². The van der Waals surface area contributed by atoms with Crippen molar-refractivity contribution in [2.24, 2.45) is 5.92 Å². The van der Waals surface area contributed by atoms with Crippen LogP contribution in [0.4, 0.5) is 5.69 Å². The van der Waals surface area contributed by atoms with Crippen molar-refractivity contribution in [1.82, 2.24) is 9.62 Å². The van der Waals surface area contributed by atoms with Crippen LogP contribution in [0.1, 0.15) is 24.0 Å². The van der Waals surface area contributed by atoms with Crippen LogP contribution in [0.2, 0.25) is 0 Å². The molecule has 1 saturated heterocycles. The lowest BCUT2D eigenvalue weighted by atomic mass is 9.97. The molecule has 1 aromatic carbocycles. The zero-order valence-corrected chi connectivity index (χ0v) is 15.0. The van der Waals surface area contributed by atoms with Crippen LogP contribution in [0.25, 0.3) is 0 Å². The Morgan fingerprint density at radius 3 is 2.39 bits per heavy atom. The van der Waals surface area contributed by atoms with Crippen LogP contribution in [0, 0.1) is 19.8 Å². The highest BCUT2D eigenvalue weighted by atomic mass is 32.2. The van der Waals surface area contributed by atoms with Gasteiger partial charge < -0.3 is 10.6 Å². The van der Waals surface area contributed by atoms with Crippen molar-refractivity contribution in [3.63, 3.8) is 0 Å². The van der Waals surface area contributed by atoms with Crippen molar-refractivity contribution in [3.8, 4) is 0 Å². The Kier molecular flexibility index (Phi) is 5.44. The Bertz CT molecular complexity index is 693. The summed E-state index contributed by atoms with van der Waals surface area (Å²) in [6.45, 7) is 5.42. The van der Waals surface area contributed by atoms with Crippen molar-refractivity contribution in [2.75, 3.05) is 32.5 Å². The van der Waals surface area contributed by atoms with Gasteiger partial charge in [-0.15, -0.1) is 0 Å². The number of amides is 1. The number of carbonyl (C=O) groups excluding carboxylic acids is 1. The van der Waals surface area contributed by atoms with E-state index < -0.39 is 10.0 Å². The van der Waals surface area contributed by atoms with Gasteiger partial charge in [0.1, 0.15) is 0 Å². The van der Waals surface area contributed by atoms with Gasteiger partial charge in [-0.1, -0.05) is 0 Å². The van der Waals surface area contributed by atoms with E-state index in [1.54, 1.807) is 12.1 Å². The maximum atomic E-state index is 12.4. The van der Waals surface area contributed by atoms with E-state index in [4.69, 9.17) is 0 Å². The van der Waals surface area contributed by atoms with E-state index in [-0.39, 0.29) is 16.7 Å². The maximum absolute atomic E-state index is 12.4. The van der Waals surface area contributed by atoms with Crippen molar-refractivity contribution in [2.45, 2.75) is 31.6 Å². The van der Waals surface area contributed by atoms with Crippen molar-refractivity contribution in [1.29, 1.82) is 0 Å². The zero-order chi connectivity index (χ0) is 17.2. The van der Waals surface area contributed by atoms with Crippen molar-refractivity contribution < 1.29 is 13.2 Å². The van der Waals surface area contributed by atoms with Gasteiger partial charge in [0.05, 0.1) is 4.90 Å². The van der Waals surface area contributed by atoms with E-state index in [9.17, 15) is 13.2 Å². The summed E-state index contributed by atoms with van der Waals surface area (Å²) in [7, 11) is -0.532. The monoisotopic (exact) mass is 339 g/mol. The van der Waals surface area contributed by atoms with Crippen molar-refractivity contribution >= 4 is 21.6 Å². The molecule has 0 aromatic heterocycles. The molecule has 128 valence electrons. The van der Waals surface area contributed by atoms with Crippen LogP contribution < -0.4 is 10.6 Å². The quantitative estimate of drug-likeness (QED) is 0.871. The summed E-state index contributed by atoms with van der Waals surface area (Å²) in [5, 5.41) is 6.15. The molecular weight excluding hydrogens is 314 g/mol. The summed E-state index contributed by atoms with van der Waals surface area (Å²) in [6.07, 6.45) is 1.61. The first-order valence-corrected chi connectivity index (χ1v) is 9.23. The van der Waals surface area contributed by atoms with Gasteiger partial charge >= 0.3 is 0 Å². The Morgan fingerprint density at radius 1 is 1.22 bits per heavy atom. The predicted octanol–water partition coefficient (Wildman–Crippen LogP) is 1.49. The molecule has 2 rings (SSSR count). The zero-order valence-electron chi connectivity index (χ0n) is 14.1. The minimum atomic E-state index is -3.53. The van der Waals surface area contributed by atoms with Gasteiger partial charge in [-0.05, 0) is 63.0 Å². The summed E-state index contributed by atoms with van der Waals surface area (Å²) in [5.41, 5.74) is 2.31. The van der Waals surface area contributed by atoms with Gasteiger partial charge in [0.2, 0.25) is 15.9 Å². The normalized spacial score (nSPS) is 16.6. The molecule has 1 aromatic rings. The van der Waals surface area contributed by atoms with E-state index in [1.807, 2.05) is 13.8 Å².